The normalized spacial score (nSPS) is 24.5. The van der Waals surface area contributed by atoms with Crippen LogP contribution in [-0.2, 0) is 14.3 Å². The Hall–Kier alpha value is -1.55. The molecule has 1 amide bonds. The minimum absolute atomic E-state index is 0. The maximum atomic E-state index is 13.4. The Kier molecular flexibility index (Phi) is 9.06. The van der Waals surface area contributed by atoms with E-state index in [9.17, 15) is 22.8 Å². The minimum Gasteiger partial charge on any atom is -0.469 e. The van der Waals surface area contributed by atoms with Crippen LogP contribution < -0.4 is 5.32 Å². The van der Waals surface area contributed by atoms with Crippen molar-refractivity contribution in [3.63, 3.8) is 0 Å². The third-order valence-corrected chi connectivity index (χ3v) is 6.96. The average Bonchev–Trinajstić information content (AvgIpc) is 3.51. The number of nitrogens with one attached hydrogen (secondary N) is 1. The number of alkyl halides is 3. The summed E-state index contributed by atoms with van der Waals surface area (Å²) in [5.41, 5.74) is 0.630. The number of carbonyl (C=O) groups excluding carboxylic acids is 2. The molecule has 3 aliphatic rings. The summed E-state index contributed by atoms with van der Waals surface area (Å²) in [5, 5.41) is 3.19. The van der Waals surface area contributed by atoms with Crippen LogP contribution in [0.25, 0.3) is 0 Å². The van der Waals surface area contributed by atoms with Gasteiger partial charge in [-0.25, -0.2) is 0 Å². The Labute approximate surface area is 204 Å². The molecule has 1 N–H and O–H groups in total. The lowest BCUT2D eigenvalue weighted by atomic mass is 9.84. The molecule has 2 heterocycles. The number of hydrogen-bond acceptors (Lipinski definition) is 5. The van der Waals surface area contributed by atoms with Crippen molar-refractivity contribution in [1.82, 2.24) is 15.1 Å². The number of carbonyl (C=O) groups is 2. The molecule has 2 saturated heterocycles. The molecule has 1 aliphatic carbocycles. The lowest BCUT2D eigenvalue weighted by Gasteiger charge is -2.53. The summed E-state index contributed by atoms with van der Waals surface area (Å²) in [6.45, 7) is 2.40. The Morgan fingerprint density at radius 3 is 2.24 bits per heavy atom. The number of halogens is 5. The van der Waals surface area contributed by atoms with E-state index in [-0.39, 0.29) is 48.7 Å². The van der Waals surface area contributed by atoms with E-state index < -0.39 is 24.2 Å². The molecule has 186 valence electrons. The Bertz CT molecular complexity index is 816. The summed E-state index contributed by atoms with van der Waals surface area (Å²) in [4.78, 5) is 27.5. The van der Waals surface area contributed by atoms with Gasteiger partial charge in [-0.05, 0) is 24.8 Å². The zero-order valence-electron chi connectivity index (χ0n) is 18.3. The summed E-state index contributed by atoms with van der Waals surface area (Å²) in [5.74, 6) is -2.07. The van der Waals surface area contributed by atoms with E-state index in [1.165, 1.54) is 7.11 Å². The average molecular weight is 512 g/mol. The molecule has 11 heteroatoms. The van der Waals surface area contributed by atoms with E-state index in [0.717, 1.165) is 10.5 Å². The molecular weight excluding hydrogens is 482 g/mol. The fourth-order valence-corrected chi connectivity index (χ4v) is 5.11. The van der Waals surface area contributed by atoms with Crippen LogP contribution in [0.1, 0.15) is 37.2 Å². The second-order valence-corrected chi connectivity index (χ2v) is 8.83. The van der Waals surface area contributed by atoms with E-state index in [4.69, 9.17) is 4.74 Å². The van der Waals surface area contributed by atoms with Gasteiger partial charge in [-0.1, -0.05) is 30.3 Å². The largest absolute Gasteiger partial charge is 0.471 e. The number of ether oxygens (including phenoxy) is 1. The van der Waals surface area contributed by atoms with Crippen molar-refractivity contribution in [2.45, 2.75) is 55.4 Å². The molecule has 2 atom stereocenters. The van der Waals surface area contributed by atoms with Gasteiger partial charge in [0.05, 0.1) is 19.1 Å². The van der Waals surface area contributed by atoms with E-state index >= 15 is 0 Å². The van der Waals surface area contributed by atoms with Crippen LogP contribution in [0.4, 0.5) is 13.2 Å². The topological polar surface area (TPSA) is 61.9 Å². The van der Waals surface area contributed by atoms with Crippen molar-refractivity contribution < 1.29 is 27.5 Å². The first-order chi connectivity index (χ1) is 14.7. The number of benzene rings is 1. The highest BCUT2D eigenvalue weighted by molar-refractivity contribution is 5.85. The number of rotatable bonds is 6. The van der Waals surface area contributed by atoms with Crippen LogP contribution in [0.5, 0.6) is 0 Å². The first kappa shape index (κ1) is 27.7. The predicted octanol–water partition coefficient (Wildman–Crippen LogP) is 3.15. The molecule has 4 rings (SSSR count). The molecule has 0 spiro atoms. The fraction of sp³-hybridized carbons (Fsp3) is 0.636. The Morgan fingerprint density at radius 1 is 1.15 bits per heavy atom. The van der Waals surface area contributed by atoms with Crippen LogP contribution in [0.15, 0.2) is 30.3 Å². The van der Waals surface area contributed by atoms with Gasteiger partial charge in [0.25, 0.3) is 0 Å². The zero-order chi connectivity index (χ0) is 22.2. The number of methoxy groups -OCH3 is 1. The van der Waals surface area contributed by atoms with Gasteiger partial charge in [-0.15, -0.1) is 24.8 Å². The maximum Gasteiger partial charge on any atom is 0.471 e. The highest BCUT2D eigenvalue weighted by atomic mass is 35.5. The first-order valence-corrected chi connectivity index (χ1v) is 10.7. The van der Waals surface area contributed by atoms with Crippen molar-refractivity contribution >= 4 is 36.7 Å². The monoisotopic (exact) mass is 511 g/mol. The van der Waals surface area contributed by atoms with Crippen molar-refractivity contribution in [3.05, 3.63) is 35.9 Å². The first-order valence-electron chi connectivity index (χ1n) is 10.7. The molecule has 1 aromatic carbocycles. The molecule has 0 unspecified atom stereocenters. The zero-order valence-corrected chi connectivity index (χ0v) is 20.0. The fourth-order valence-electron chi connectivity index (χ4n) is 5.11. The molecule has 0 radical (unpaired) electrons. The number of piperidine rings is 1. The smallest absolute Gasteiger partial charge is 0.469 e. The van der Waals surface area contributed by atoms with Crippen LogP contribution in [0.3, 0.4) is 0 Å². The van der Waals surface area contributed by atoms with E-state index in [0.29, 0.717) is 45.4 Å². The number of amides is 1. The highest BCUT2D eigenvalue weighted by Crippen LogP contribution is 2.47. The molecular formula is C22H30Cl2F3N3O3. The SMILES string of the molecule is COC(=O)CC1(N2CCC(N(C(=O)C(F)(F)F)[C@@H]3C[C@H]3c3ccccc3)CC2)CNC1.Cl.Cl. The number of nitrogens with zero attached hydrogens (tertiary/aromatic N) is 2. The third kappa shape index (κ3) is 5.75. The van der Waals surface area contributed by atoms with Crippen LogP contribution in [0, 0.1) is 0 Å². The second kappa shape index (κ2) is 10.8. The molecule has 1 aromatic rings. The third-order valence-electron chi connectivity index (χ3n) is 6.96. The number of esters is 1. The number of hydrogen-bond donors (Lipinski definition) is 1. The molecule has 1 saturated carbocycles. The van der Waals surface area contributed by atoms with Crippen LogP contribution in [0.2, 0.25) is 0 Å². The summed E-state index contributed by atoms with van der Waals surface area (Å²) in [6.07, 6.45) is -3.15. The van der Waals surface area contributed by atoms with Gasteiger partial charge < -0.3 is 15.0 Å². The summed E-state index contributed by atoms with van der Waals surface area (Å²) < 4.78 is 45.1. The summed E-state index contributed by atoms with van der Waals surface area (Å²) >= 11 is 0. The Balaban J connectivity index is 0.00000193. The van der Waals surface area contributed by atoms with Crippen molar-refractivity contribution in [1.29, 1.82) is 0 Å². The lowest BCUT2D eigenvalue weighted by molar-refractivity contribution is -0.190. The van der Waals surface area contributed by atoms with Gasteiger partial charge in [-0.2, -0.15) is 13.2 Å². The quantitative estimate of drug-likeness (QED) is 0.594. The van der Waals surface area contributed by atoms with Gasteiger partial charge in [0.2, 0.25) is 0 Å². The standard InChI is InChI=1S/C22H28F3N3O3.2ClH/c1-31-19(29)12-21(13-26-14-21)27-9-7-16(8-10-27)28(20(30)22(23,24)25)18-11-17(18)15-5-3-2-4-6-15;;/h2-6,16-18,26H,7-14H2,1H3;2*1H/t17-,18+;;/m0../s1. The number of likely N-dealkylation sites (tertiary alicyclic amines) is 1. The van der Waals surface area contributed by atoms with E-state index in [1.807, 2.05) is 30.3 Å². The molecule has 33 heavy (non-hydrogen) atoms. The van der Waals surface area contributed by atoms with Gasteiger partial charge in [-0.3, -0.25) is 14.5 Å². The maximum absolute atomic E-state index is 13.4. The van der Waals surface area contributed by atoms with Crippen LogP contribution in [-0.4, -0.2) is 78.8 Å². The summed E-state index contributed by atoms with van der Waals surface area (Å²) in [7, 11) is 1.35. The van der Waals surface area contributed by atoms with Crippen molar-refractivity contribution in [2.75, 3.05) is 33.3 Å². The van der Waals surface area contributed by atoms with Gasteiger partial charge in [0, 0.05) is 44.2 Å². The van der Waals surface area contributed by atoms with Gasteiger partial charge >= 0.3 is 18.1 Å². The molecule has 3 fully saturated rings. The lowest BCUT2D eigenvalue weighted by Crippen LogP contribution is -2.71. The Morgan fingerprint density at radius 2 is 1.76 bits per heavy atom. The van der Waals surface area contributed by atoms with E-state index in [2.05, 4.69) is 10.2 Å². The van der Waals surface area contributed by atoms with Crippen molar-refractivity contribution in [3.8, 4) is 0 Å². The highest BCUT2D eigenvalue weighted by Gasteiger charge is 2.55. The molecule has 0 aromatic heterocycles. The van der Waals surface area contributed by atoms with Gasteiger partial charge in [0.15, 0.2) is 0 Å². The summed E-state index contributed by atoms with van der Waals surface area (Å²) in [6, 6.07) is 8.55. The van der Waals surface area contributed by atoms with E-state index in [1.54, 1.807) is 0 Å². The van der Waals surface area contributed by atoms with Gasteiger partial charge in [0.1, 0.15) is 0 Å². The second-order valence-electron chi connectivity index (χ2n) is 8.83. The molecule has 6 nitrogen and oxygen atoms in total. The van der Waals surface area contributed by atoms with Crippen LogP contribution >= 0.6 is 24.8 Å². The molecule has 2 aliphatic heterocycles. The predicted molar refractivity (Wildman–Crippen MR) is 122 cm³/mol. The minimum atomic E-state index is -4.88. The molecule has 0 bridgehead atoms. The van der Waals surface area contributed by atoms with Crippen molar-refractivity contribution in [2.24, 2.45) is 0 Å².